The van der Waals surface area contributed by atoms with Crippen molar-refractivity contribution in [1.82, 2.24) is 0 Å². The number of carbonyl (C=O) groups is 3. The monoisotopic (exact) mass is 262 g/mol. The first kappa shape index (κ1) is 12.6. The molecule has 2 fully saturated rings. The molecule has 0 amide bonds. The Labute approximate surface area is 100 Å². The molecule has 4 unspecified atom stereocenters. The summed E-state index contributed by atoms with van der Waals surface area (Å²) in [6.45, 7) is -0.584. The lowest BCUT2D eigenvalue weighted by atomic mass is 10.0. The minimum absolute atomic E-state index is 0.292. The van der Waals surface area contributed by atoms with E-state index in [1.165, 1.54) is 0 Å². The van der Waals surface area contributed by atoms with Gasteiger partial charge in [-0.3, -0.25) is 4.79 Å². The van der Waals surface area contributed by atoms with Crippen molar-refractivity contribution in [1.29, 1.82) is 0 Å². The van der Waals surface area contributed by atoms with Gasteiger partial charge in [0.2, 0.25) is 0 Å². The Bertz CT molecular complexity index is 344. The molecule has 0 aromatic rings. The van der Waals surface area contributed by atoms with E-state index in [-0.39, 0.29) is 13.2 Å². The number of rotatable bonds is 4. The second kappa shape index (κ2) is 4.78. The van der Waals surface area contributed by atoms with E-state index in [2.05, 4.69) is 18.9 Å². The van der Waals surface area contributed by atoms with Crippen molar-refractivity contribution in [2.75, 3.05) is 13.2 Å². The van der Waals surface area contributed by atoms with E-state index in [1.807, 2.05) is 0 Å². The van der Waals surface area contributed by atoms with Crippen molar-refractivity contribution in [2.45, 2.75) is 24.4 Å². The molecule has 4 atom stereocenters. The second-order valence-electron chi connectivity index (χ2n) is 3.73. The van der Waals surface area contributed by atoms with Crippen LogP contribution >= 0.6 is 0 Å². The summed E-state index contributed by atoms with van der Waals surface area (Å²) in [6, 6.07) is 0. The average molecular weight is 262 g/mol. The van der Waals surface area contributed by atoms with Gasteiger partial charge in [0.05, 0.1) is 0 Å². The standard InChI is InChI=1S/C9H10O9/c10-5(3-1-15-8(13)17-3)7(12)6(11)4-2-16-9(14)18-4/h3-6,10-11H,1-2H2. The van der Waals surface area contributed by atoms with Gasteiger partial charge < -0.3 is 29.2 Å². The summed E-state index contributed by atoms with van der Waals surface area (Å²) in [5.74, 6) is -1.04. The molecule has 2 N–H and O–H groups in total. The maximum absolute atomic E-state index is 11.6. The topological polar surface area (TPSA) is 129 Å². The highest BCUT2D eigenvalue weighted by Gasteiger charge is 2.43. The molecule has 2 heterocycles. The molecule has 2 aliphatic rings. The number of aliphatic hydroxyl groups is 2. The zero-order valence-electron chi connectivity index (χ0n) is 8.98. The number of Topliss-reactive ketones (excluding diaryl/α,β-unsaturated/α-hetero) is 1. The van der Waals surface area contributed by atoms with E-state index in [1.54, 1.807) is 0 Å². The van der Waals surface area contributed by atoms with Crippen LogP contribution < -0.4 is 0 Å². The van der Waals surface area contributed by atoms with Crippen molar-refractivity contribution >= 4 is 18.1 Å². The number of aliphatic hydroxyl groups excluding tert-OH is 2. The minimum atomic E-state index is -1.76. The second-order valence-corrected chi connectivity index (χ2v) is 3.73. The third-order valence-electron chi connectivity index (χ3n) is 2.51. The third kappa shape index (κ3) is 2.36. The fraction of sp³-hybridized carbons (Fsp3) is 0.667. The van der Waals surface area contributed by atoms with Crippen LogP contribution in [0, 0.1) is 0 Å². The van der Waals surface area contributed by atoms with Gasteiger partial charge in [0.25, 0.3) is 0 Å². The Kier molecular flexibility index (Phi) is 3.34. The first-order valence-corrected chi connectivity index (χ1v) is 5.05. The predicted molar refractivity (Wildman–Crippen MR) is 49.5 cm³/mol. The summed E-state index contributed by atoms with van der Waals surface area (Å²) in [5.41, 5.74) is 0. The molecule has 0 aromatic carbocycles. The van der Waals surface area contributed by atoms with Gasteiger partial charge in [0.15, 0.2) is 30.2 Å². The Morgan fingerprint density at radius 3 is 1.67 bits per heavy atom. The Morgan fingerprint density at radius 1 is 1.00 bits per heavy atom. The van der Waals surface area contributed by atoms with E-state index < -0.39 is 42.5 Å². The van der Waals surface area contributed by atoms with Crippen LogP contribution in [0.15, 0.2) is 0 Å². The Hall–Kier alpha value is -1.87. The van der Waals surface area contributed by atoms with E-state index in [0.717, 1.165) is 0 Å². The van der Waals surface area contributed by atoms with E-state index in [0.29, 0.717) is 0 Å². The van der Waals surface area contributed by atoms with Gasteiger partial charge in [-0.05, 0) is 0 Å². The average Bonchev–Trinajstić information content (AvgIpc) is 2.95. The van der Waals surface area contributed by atoms with Crippen molar-refractivity contribution in [3.63, 3.8) is 0 Å². The highest BCUT2D eigenvalue weighted by molar-refractivity contribution is 5.89. The molecule has 9 nitrogen and oxygen atoms in total. The molecule has 2 aliphatic heterocycles. The number of carbonyl (C=O) groups excluding carboxylic acids is 3. The number of hydrogen-bond donors (Lipinski definition) is 2. The van der Waals surface area contributed by atoms with Gasteiger partial charge in [-0.2, -0.15) is 0 Å². The van der Waals surface area contributed by atoms with Gasteiger partial charge in [-0.15, -0.1) is 0 Å². The van der Waals surface area contributed by atoms with Crippen LogP contribution in [0.3, 0.4) is 0 Å². The largest absolute Gasteiger partial charge is 0.508 e. The van der Waals surface area contributed by atoms with Gasteiger partial charge >= 0.3 is 12.3 Å². The van der Waals surface area contributed by atoms with Crippen LogP contribution in [0.25, 0.3) is 0 Å². The molecule has 0 aliphatic carbocycles. The van der Waals surface area contributed by atoms with Crippen LogP contribution in [-0.2, 0) is 23.7 Å². The van der Waals surface area contributed by atoms with Crippen molar-refractivity contribution in [3.8, 4) is 0 Å². The normalized spacial score (nSPS) is 29.9. The molecule has 100 valence electrons. The van der Waals surface area contributed by atoms with Crippen LogP contribution in [-0.4, -0.2) is 65.9 Å². The van der Waals surface area contributed by atoms with Crippen molar-refractivity contribution < 1.29 is 43.5 Å². The van der Waals surface area contributed by atoms with Crippen molar-refractivity contribution in [3.05, 3.63) is 0 Å². The first-order valence-electron chi connectivity index (χ1n) is 5.05. The van der Waals surface area contributed by atoms with E-state index in [4.69, 9.17) is 0 Å². The van der Waals surface area contributed by atoms with E-state index in [9.17, 15) is 24.6 Å². The highest BCUT2D eigenvalue weighted by Crippen LogP contribution is 2.16. The molecule has 0 bridgehead atoms. The lowest BCUT2D eigenvalue weighted by Gasteiger charge is -2.19. The van der Waals surface area contributed by atoms with Crippen LogP contribution in [0.1, 0.15) is 0 Å². The molecule has 0 spiro atoms. The zero-order chi connectivity index (χ0) is 13.3. The highest BCUT2D eigenvalue weighted by atomic mass is 16.8. The number of hydrogen-bond acceptors (Lipinski definition) is 9. The Morgan fingerprint density at radius 2 is 1.39 bits per heavy atom. The molecule has 2 rings (SSSR count). The fourth-order valence-corrected chi connectivity index (χ4v) is 1.54. The third-order valence-corrected chi connectivity index (χ3v) is 2.51. The van der Waals surface area contributed by atoms with Gasteiger partial charge in [0, 0.05) is 0 Å². The summed E-state index contributed by atoms with van der Waals surface area (Å²) in [7, 11) is 0. The summed E-state index contributed by atoms with van der Waals surface area (Å²) in [5, 5.41) is 19.2. The lowest BCUT2D eigenvalue weighted by Crippen LogP contribution is -2.47. The smallest absolute Gasteiger partial charge is 0.430 e. The van der Waals surface area contributed by atoms with E-state index >= 15 is 0 Å². The van der Waals surface area contributed by atoms with Crippen LogP contribution in [0.2, 0.25) is 0 Å². The molecule has 0 aromatic heterocycles. The molecule has 0 saturated carbocycles. The minimum Gasteiger partial charge on any atom is -0.430 e. The summed E-state index contributed by atoms with van der Waals surface area (Å²) in [4.78, 5) is 32.9. The molecule has 0 radical (unpaired) electrons. The zero-order valence-corrected chi connectivity index (χ0v) is 8.98. The van der Waals surface area contributed by atoms with Gasteiger partial charge in [0.1, 0.15) is 13.2 Å². The maximum Gasteiger partial charge on any atom is 0.508 e. The predicted octanol–water partition coefficient (Wildman–Crippen LogP) is -1.65. The summed E-state index contributed by atoms with van der Waals surface area (Å²) >= 11 is 0. The Balaban J connectivity index is 1.93. The first-order chi connectivity index (χ1) is 8.49. The van der Waals surface area contributed by atoms with Crippen LogP contribution in [0.5, 0.6) is 0 Å². The number of cyclic esters (lactones) is 4. The SMILES string of the molecule is O=C1OCC(C(O)C(=O)C(O)C2COC(=O)O2)O1. The lowest BCUT2D eigenvalue weighted by molar-refractivity contribution is -0.144. The molecular weight excluding hydrogens is 252 g/mol. The summed E-state index contributed by atoms with van der Waals surface area (Å²) in [6.07, 6.45) is -7.89. The quantitative estimate of drug-likeness (QED) is 0.572. The maximum atomic E-state index is 11.6. The molecular formula is C9H10O9. The summed E-state index contributed by atoms with van der Waals surface area (Å²) < 4.78 is 17.8. The molecule has 2 saturated heterocycles. The molecule has 18 heavy (non-hydrogen) atoms. The van der Waals surface area contributed by atoms with Crippen LogP contribution in [0.4, 0.5) is 9.59 Å². The number of ketones is 1. The fourth-order valence-electron chi connectivity index (χ4n) is 1.54. The number of ether oxygens (including phenoxy) is 4. The van der Waals surface area contributed by atoms with Gasteiger partial charge in [-0.1, -0.05) is 0 Å². The van der Waals surface area contributed by atoms with Crippen molar-refractivity contribution in [2.24, 2.45) is 0 Å². The molecule has 9 heteroatoms. The van der Waals surface area contributed by atoms with Gasteiger partial charge in [-0.25, -0.2) is 9.59 Å².